The number of carbonyl (C=O) groups is 2. The molecule has 5 nitrogen and oxygen atoms in total. The number of anilines is 1. The van der Waals surface area contributed by atoms with Crippen LogP contribution in [0.5, 0.6) is 5.75 Å². The number of ether oxygens (including phenoxy) is 1. The number of rotatable bonds is 5. The highest BCUT2D eigenvalue weighted by Gasteiger charge is 2.17. The van der Waals surface area contributed by atoms with Crippen LogP contribution < -0.4 is 15.4 Å². The molecule has 1 aliphatic rings. The Morgan fingerprint density at radius 1 is 0.926 bits per heavy atom. The van der Waals surface area contributed by atoms with Gasteiger partial charge in [-0.3, -0.25) is 9.59 Å². The molecule has 27 heavy (non-hydrogen) atoms. The zero-order valence-electron chi connectivity index (χ0n) is 15.9. The van der Waals surface area contributed by atoms with Crippen molar-refractivity contribution in [1.82, 2.24) is 5.32 Å². The molecule has 142 valence electrons. The molecule has 1 aliphatic carbocycles. The zero-order chi connectivity index (χ0) is 19.2. The second-order valence-corrected chi connectivity index (χ2v) is 7.04. The number of methoxy groups -OCH3 is 1. The third kappa shape index (κ3) is 4.88. The van der Waals surface area contributed by atoms with Crippen molar-refractivity contribution < 1.29 is 14.3 Å². The Balaban J connectivity index is 1.65. The number of amides is 2. The van der Waals surface area contributed by atoms with Gasteiger partial charge in [-0.15, -0.1) is 0 Å². The predicted octanol–water partition coefficient (Wildman–Crippen LogP) is 4.32. The first-order valence-electron chi connectivity index (χ1n) is 9.44. The largest absolute Gasteiger partial charge is 0.495 e. The fourth-order valence-electron chi connectivity index (χ4n) is 3.40. The van der Waals surface area contributed by atoms with Crippen LogP contribution in [0, 0.1) is 6.92 Å². The Hall–Kier alpha value is -2.82. The molecule has 0 bridgehead atoms. The minimum absolute atomic E-state index is 0.0748. The average molecular weight is 366 g/mol. The zero-order valence-corrected chi connectivity index (χ0v) is 15.9. The van der Waals surface area contributed by atoms with Crippen LogP contribution in [-0.4, -0.2) is 25.0 Å². The number of benzene rings is 2. The molecule has 0 spiro atoms. The first-order valence-corrected chi connectivity index (χ1v) is 9.44. The molecule has 0 aliphatic heterocycles. The van der Waals surface area contributed by atoms with Crippen LogP contribution in [-0.2, 0) is 0 Å². The normalized spacial score (nSPS) is 14.4. The second kappa shape index (κ2) is 8.71. The second-order valence-electron chi connectivity index (χ2n) is 7.04. The highest BCUT2D eigenvalue weighted by Crippen LogP contribution is 2.25. The Morgan fingerprint density at radius 3 is 2.19 bits per heavy atom. The number of nitrogens with one attached hydrogen (secondary N) is 2. The molecular formula is C22H26N2O3. The Morgan fingerprint density at radius 2 is 1.56 bits per heavy atom. The molecule has 0 saturated heterocycles. The van der Waals surface area contributed by atoms with Gasteiger partial charge in [0.1, 0.15) is 5.75 Å². The van der Waals surface area contributed by atoms with Crippen molar-refractivity contribution in [3.63, 3.8) is 0 Å². The Kier molecular flexibility index (Phi) is 6.12. The fourth-order valence-corrected chi connectivity index (χ4v) is 3.40. The van der Waals surface area contributed by atoms with E-state index in [0.29, 0.717) is 22.6 Å². The van der Waals surface area contributed by atoms with E-state index in [0.717, 1.165) is 18.4 Å². The summed E-state index contributed by atoms with van der Waals surface area (Å²) in [5.74, 6) is 0.296. The summed E-state index contributed by atoms with van der Waals surface area (Å²) < 4.78 is 5.29. The quantitative estimate of drug-likeness (QED) is 0.828. The topological polar surface area (TPSA) is 67.4 Å². The third-order valence-electron chi connectivity index (χ3n) is 4.95. The summed E-state index contributed by atoms with van der Waals surface area (Å²) in [7, 11) is 1.57. The predicted molar refractivity (Wildman–Crippen MR) is 106 cm³/mol. The van der Waals surface area contributed by atoms with Gasteiger partial charge in [0.25, 0.3) is 11.8 Å². The number of carbonyl (C=O) groups excluding carboxylic acids is 2. The van der Waals surface area contributed by atoms with E-state index in [1.807, 2.05) is 25.1 Å². The van der Waals surface area contributed by atoms with Crippen molar-refractivity contribution in [2.45, 2.75) is 45.1 Å². The third-order valence-corrected chi connectivity index (χ3v) is 4.95. The first kappa shape index (κ1) is 19.0. The van der Waals surface area contributed by atoms with Gasteiger partial charge in [0.05, 0.1) is 12.8 Å². The van der Waals surface area contributed by atoms with Gasteiger partial charge in [-0.25, -0.2) is 0 Å². The van der Waals surface area contributed by atoms with E-state index in [1.54, 1.807) is 31.4 Å². The minimum atomic E-state index is -0.238. The molecule has 2 aromatic rings. The maximum absolute atomic E-state index is 12.5. The summed E-state index contributed by atoms with van der Waals surface area (Å²) in [6.07, 6.45) is 5.69. The molecule has 2 aromatic carbocycles. The van der Waals surface area contributed by atoms with Crippen LogP contribution in [0.1, 0.15) is 58.4 Å². The van der Waals surface area contributed by atoms with Crippen molar-refractivity contribution >= 4 is 17.5 Å². The Labute approximate surface area is 160 Å². The van der Waals surface area contributed by atoms with Gasteiger partial charge in [0.2, 0.25) is 0 Å². The van der Waals surface area contributed by atoms with Crippen molar-refractivity contribution in [3.05, 3.63) is 59.2 Å². The minimum Gasteiger partial charge on any atom is -0.495 e. The lowest BCUT2D eigenvalue weighted by Gasteiger charge is -2.22. The average Bonchev–Trinajstić information content (AvgIpc) is 2.69. The molecule has 0 radical (unpaired) electrons. The molecular weight excluding hydrogens is 340 g/mol. The van der Waals surface area contributed by atoms with E-state index < -0.39 is 0 Å². The maximum atomic E-state index is 12.5. The standard InChI is InChI=1S/C22H26N2O3/c1-15-8-13-20(27-2)19(14-15)24-22(26)17-11-9-16(10-12-17)21(25)23-18-6-4-3-5-7-18/h8-14,18H,3-7H2,1-2H3,(H,23,25)(H,24,26). The summed E-state index contributed by atoms with van der Waals surface area (Å²) in [5, 5.41) is 5.96. The highest BCUT2D eigenvalue weighted by molar-refractivity contribution is 6.05. The molecule has 0 heterocycles. The van der Waals surface area contributed by atoms with E-state index in [1.165, 1.54) is 19.3 Å². The lowest BCUT2D eigenvalue weighted by molar-refractivity contribution is 0.0926. The molecule has 1 saturated carbocycles. The van der Waals surface area contributed by atoms with Crippen molar-refractivity contribution in [2.75, 3.05) is 12.4 Å². The SMILES string of the molecule is COc1ccc(C)cc1NC(=O)c1ccc(C(=O)NC2CCCCC2)cc1. The van der Waals surface area contributed by atoms with Gasteiger partial charge >= 0.3 is 0 Å². The van der Waals surface area contributed by atoms with Crippen molar-refractivity contribution in [1.29, 1.82) is 0 Å². The maximum Gasteiger partial charge on any atom is 0.255 e. The molecule has 5 heteroatoms. The highest BCUT2D eigenvalue weighted by atomic mass is 16.5. The van der Waals surface area contributed by atoms with E-state index in [2.05, 4.69) is 10.6 Å². The molecule has 2 N–H and O–H groups in total. The molecule has 0 unspecified atom stereocenters. The fraction of sp³-hybridized carbons (Fsp3) is 0.364. The summed E-state index contributed by atoms with van der Waals surface area (Å²) in [4.78, 5) is 24.9. The van der Waals surface area contributed by atoms with Crippen LogP contribution in [0.25, 0.3) is 0 Å². The number of hydrogen-bond acceptors (Lipinski definition) is 3. The molecule has 1 fully saturated rings. The van der Waals surface area contributed by atoms with Crippen molar-refractivity contribution in [2.24, 2.45) is 0 Å². The van der Waals surface area contributed by atoms with Gasteiger partial charge in [0, 0.05) is 17.2 Å². The van der Waals surface area contributed by atoms with Gasteiger partial charge < -0.3 is 15.4 Å². The summed E-state index contributed by atoms with van der Waals surface area (Å²) in [6, 6.07) is 12.6. The van der Waals surface area contributed by atoms with Gasteiger partial charge in [-0.1, -0.05) is 25.3 Å². The van der Waals surface area contributed by atoms with Crippen molar-refractivity contribution in [3.8, 4) is 5.75 Å². The lowest BCUT2D eigenvalue weighted by Crippen LogP contribution is -2.36. The number of hydrogen-bond donors (Lipinski definition) is 2. The Bertz CT molecular complexity index is 809. The summed E-state index contributed by atoms with van der Waals surface area (Å²) in [6.45, 7) is 1.95. The van der Waals surface area contributed by atoms with Crippen LogP contribution in [0.15, 0.2) is 42.5 Å². The summed E-state index contributed by atoms with van der Waals surface area (Å²) in [5.41, 5.74) is 2.72. The smallest absolute Gasteiger partial charge is 0.255 e. The van der Waals surface area contributed by atoms with E-state index in [4.69, 9.17) is 4.74 Å². The monoisotopic (exact) mass is 366 g/mol. The van der Waals surface area contributed by atoms with Gasteiger partial charge in [-0.05, 0) is 61.7 Å². The molecule has 3 rings (SSSR count). The molecule has 0 atom stereocenters. The first-order chi connectivity index (χ1) is 13.1. The van der Waals surface area contributed by atoms with E-state index in [-0.39, 0.29) is 17.9 Å². The van der Waals surface area contributed by atoms with Crippen LogP contribution in [0.4, 0.5) is 5.69 Å². The van der Waals surface area contributed by atoms with Crippen LogP contribution in [0.3, 0.4) is 0 Å². The molecule has 2 amide bonds. The number of aryl methyl sites for hydroxylation is 1. The molecule has 0 aromatic heterocycles. The van der Waals surface area contributed by atoms with Crippen LogP contribution >= 0.6 is 0 Å². The van der Waals surface area contributed by atoms with Gasteiger partial charge in [0.15, 0.2) is 0 Å². The summed E-state index contributed by atoms with van der Waals surface area (Å²) >= 11 is 0. The van der Waals surface area contributed by atoms with Gasteiger partial charge in [-0.2, -0.15) is 0 Å². The van der Waals surface area contributed by atoms with E-state index in [9.17, 15) is 9.59 Å². The van der Waals surface area contributed by atoms with Crippen LogP contribution in [0.2, 0.25) is 0 Å². The lowest BCUT2D eigenvalue weighted by atomic mass is 9.95. The van der Waals surface area contributed by atoms with E-state index >= 15 is 0 Å².